The van der Waals surface area contributed by atoms with Crippen LogP contribution in [-0.2, 0) is 13.1 Å². The number of rotatable bonds is 7. The zero-order valence-corrected chi connectivity index (χ0v) is 22.1. The summed E-state index contributed by atoms with van der Waals surface area (Å²) in [6.45, 7) is 5.29. The first-order chi connectivity index (χ1) is 14.5. The Bertz CT molecular complexity index is 852. The second kappa shape index (κ2) is 12.3. The van der Waals surface area contributed by atoms with E-state index in [-0.39, 0.29) is 24.0 Å². The van der Waals surface area contributed by atoms with E-state index in [1.54, 1.807) is 25.6 Å². The van der Waals surface area contributed by atoms with Crippen LogP contribution in [0.2, 0.25) is 0 Å². The van der Waals surface area contributed by atoms with Crippen LogP contribution in [0.3, 0.4) is 0 Å². The van der Waals surface area contributed by atoms with Crippen molar-refractivity contribution in [3.63, 3.8) is 0 Å². The van der Waals surface area contributed by atoms with Gasteiger partial charge in [0.1, 0.15) is 11.5 Å². The Hall–Kier alpha value is -1.79. The van der Waals surface area contributed by atoms with E-state index >= 15 is 0 Å². The first kappa shape index (κ1) is 25.5. The van der Waals surface area contributed by atoms with Crippen molar-refractivity contribution in [3.05, 3.63) is 34.8 Å². The van der Waals surface area contributed by atoms with Gasteiger partial charge in [0.2, 0.25) is 0 Å². The highest BCUT2D eigenvalue weighted by molar-refractivity contribution is 14.0. The standard InChI is InChI=1S/C21H32N6O2S.HI/c1-22-20(23-13-17-15-30-21(24-17)25(2)3)27-10-8-26(9-11-27)14-16-12-18(28-4)6-7-19(16)29-5;/h6-7,12,15H,8-11,13-14H2,1-5H3,(H,22,23);1H. The van der Waals surface area contributed by atoms with Crippen LogP contribution < -0.4 is 19.7 Å². The Labute approximate surface area is 206 Å². The van der Waals surface area contributed by atoms with Crippen LogP contribution in [0.25, 0.3) is 0 Å². The molecule has 2 aromatic rings. The summed E-state index contributed by atoms with van der Waals surface area (Å²) in [5.41, 5.74) is 2.18. The highest BCUT2D eigenvalue weighted by atomic mass is 127. The minimum absolute atomic E-state index is 0. The molecule has 0 radical (unpaired) electrons. The predicted molar refractivity (Wildman–Crippen MR) is 138 cm³/mol. The molecule has 1 saturated heterocycles. The molecule has 8 nitrogen and oxygen atoms in total. The molecule has 0 amide bonds. The lowest BCUT2D eigenvalue weighted by atomic mass is 10.1. The van der Waals surface area contributed by atoms with Crippen molar-refractivity contribution < 1.29 is 9.47 Å². The number of hydrogen-bond donors (Lipinski definition) is 1. The van der Waals surface area contributed by atoms with Gasteiger partial charge in [-0.25, -0.2) is 4.98 Å². The summed E-state index contributed by atoms with van der Waals surface area (Å²) in [6.07, 6.45) is 0. The summed E-state index contributed by atoms with van der Waals surface area (Å²) in [7, 11) is 9.26. The number of thiazole rings is 1. The van der Waals surface area contributed by atoms with Gasteiger partial charge in [0.25, 0.3) is 0 Å². The Kier molecular flexibility index (Phi) is 10.1. The molecule has 1 fully saturated rings. The number of aromatic nitrogens is 1. The summed E-state index contributed by atoms with van der Waals surface area (Å²) < 4.78 is 10.9. The Balaban J connectivity index is 0.00000341. The second-order valence-electron chi connectivity index (χ2n) is 7.36. The fourth-order valence-electron chi connectivity index (χ4n) is 3.45. The van der Waals surface area contributed by atoms with Crippen LogP contribution >= 0.6 is 35.3 Å². The molecule has 0 bridgehead atoms. The molecule has 10 heteroatoms. The molecule has 1 aromatic heterocycles. The first-order valence-corrected chi connectivity index (χ1v) is 10.9. The van der Waals surface area contributed by atoms with Crippen molar-refractivity contribution >= 4 is 46.4 Å². The number of aliphatic imine (C=N–C) groups is 1. The van der Waals surface area contributed by atoms with Crippen molar-refractivity contribution in [2.24, 2.45) is 4.99 Å². The van der Waals surface area contributed by atoms with E-state index < -0.39 is 0 Å². The third-order valence-electron chi connectivity index (χ3n) is 5.11. The predicted octanol–water partition coefficient (Wildman–Crippen LogP) is 2.74. The Morgan fingerprint density at radius 1 is 1.19 bits per heavy atom. The average Bonchev–Trinajstić information content (AvgIpc) is 3.24. The van der Waals surface area contributed by atoms with Crippen molar-refractivity contribution in [2.45, 2.75) is 13.1 Å². The van der Waals surface area contributed by atoms with Gasteiger partial charge in [0.05, 0.1) is 26.5 Å². The van der Waals surface area contributed by atoms with Gasteiger partial charge in [-0.05, 0) is 18.2 Å². The summed E-state index contributed by atoms with van der Waals surface area (Å²) in [4.78, 5) is 15.9. The average molecular weight is 561 g/mol. The third-order valence-corrected chi connectivity index (χ3v) is 6.17. The number of hydrogen-bond acceptors (Lipinski definition) is 7. The molecule has 1 aliphatic rings. The van der Waals surface area contributed by atoms with E-state index in [0.29, 0.717) is 6.54 Å². The molecule has 0 saturated carbocycles. The topological polar surface area (TPSA) is 65.5 Å². The molecule has 2 heterocycles. The number of halogens is 1. The largest absolute Gasteiger partial charge is 0.497 e. The van der Waals surface area contributed by atoms with E-state index in [4.69, 9.17) is 9.47 Å². The number of ether oxygens (including phenoxy) is 2. The lowest BCUT2D eigenvalue weighted by Gasteiger charge is -2.36. The molecular formula is C21H33IN6O2S. The molecule has 172 valence electrons. The normalized spacial score (nSPS) is 14.7. The van der Waals surface area contributed by atoms with Crippen LogP contribution in [0.5, 0.6) is 11.5 Å². The van der Waals surface area contributed by atoms with Crippen LogP contribution in [0, 0.1) is 0 Å². The van der Waals surface area contributed by atoms with E-state index in [0.717, 1.165) is 66.6 Å². The molecule has 3 rings (SSSR count). The number of methoxy groups -OCH3 is 2. The Morgan fingerprint density at radius 3 is 2.52 bits per heavy atom. The highest BCUT2D eigenvalue weighted by Crippen LogP contribution is 2.25. The molecule has 31 heavy (non-hydrogen) atoms. The fraction of sp³-hybridized carbons (Fsp3) is 0.524. The van der Waals surface area contributed by atoms with Crippen LogP contribution in [0.1, 0.15) is 11.3 Å². The van der Waals surface area contributed by atoms with E-state index in [1.807, 2.05) is 38.2 Å². The van der Waals surface area contributed by atoms with Crippen LogP contribution in [-0.4, -0.2) is 82.3 Å². The number of nitrogens with one attached hydrogen (secondary N) is 1. The number of anilines is 1. The van der Waals surface area contributed by atoms with Crippen molar-refractivity contribution in [2.75, 3.05) is 66.4 Å². The fourth-order valence-corrected chi connectivity index (χ4v) is 4.21. The molecule has 1 N–H and O–H groups in total. The molecule has 0 spiro atoms. The van der Waals surface area contributed by atoms with E-state index in [9.17, 15) is 0 Å². The summed E-state index contributed by atoms with van der Waals surface area (Å²) in [5, 5.41) is 6.56. The number of benzene rings is 1. The van der Waals surface area contributed by atoms with Crippen molar-refractivity contribution in [1.82, 2.24) is 20.1 Å². The molecule has 0 aliphatic carbocycles. The molecule has 0 atom stereocenters. The van der Waals surface area contributed by atoms with Gasteiger partial charge in [-0.1, -0.05) is 0 Å². The smallest absolute Gasteiger partial charge is 0.194 e. The van der Waals surface area contributed by atoms with Crippen LogP contribution in [0.15, 0.2) is 28.6 Å². The minimum atomic E-state index is 0. The lowest BCUT2D eigenvalue weighted by Crippen LogP contribution is -2.52. The minimum Gasteiger partial charge on any atom is -0.497 e. The second-order valence-corrected chi connectivity index (χ2v) is 8.19. The maximum Gasteiger partial charge on any atom is 0.194 e. The molecule has 0 unspecified atom stereocenters. The maximum absolute atomic E-state index is 5.52. The van der Waals surface area contributed by atoms with Gasteiger partial charge in [0, 0.05) is 64.8 Å². The number of guanidine groups is 1. The first-order valence-electron chi connectivity index (χ1n) is 10.0. The maximum atomic E-state index is 5.52. The van der Waals surface area contributed by atoms with Gasteiger partial charge < -0.3 is 24.6 Å². The molecule has 1 aromatic carbocycles. The van der Waals surface area contributed by atoms with Crippen molar-refractivity contribution in [1.29, 1.82) is 0 Å². The van der Waals surface area contributed by atoms with E-state index in [2.05, 4.69) is 36.5 Å². The van der Waals surface area contributed by atoms with Gasteiger partial charge in [-0.2, -0.15) is 0 Å². The number of nitrogens with zero attached hydrogens (tertiary/aromatic N) is 5. The van der Waals surface area contributed by atoms with Gasteiger partial charge in [0.15, 0.2) is 11.1 Å². The quantitative estimate of drug-likeness (QED) is 0.318. The zero-order valence-electron chi connectivity index (χ0n) is 18.9. The van der Waals surface area contributed by atoms with Gasteiger partial charge in [-0.15, -0.1) is 35.3 Å². The Morgan fingerprint density at radius 2 is 1.94 bits per heavy atom. The summed E-state index contributed by atoms with van der Waals surface area (Å²) >= 11 is 1.65. The summed E-state index contributed by atoms with van der Waals surface area (Å²) in [6, 6.07) is 5.96. The SMILES string of the molecule is CN=C(NCc1csc(N(C)C)n1)N1CCN(Cc2cc(OC)ccc2OC)CC1.I. The summed E-state index contributed by atoms with van der Waals surface area (Å²) in [5.74, 6) is 2.68. The molecule has 1 aliphatic heterocycles. The lowest BCUT2D eigenvalue weighted by molar-refractivity contribution is 0.171. The van der Waals surface area contributed by atoms with Gasteiger partial charge >= 0.3 is 0 Å². The van der Waals surface area contributed by atoms with Crippen molar-refractivity contribution in [3.8, 4) is 11.5 Å². The number of piperazine rings is 1. The monoisotopic (exact) mass is 560 g/mol. The zero-order chi connectivity index (χ0) is 21.5. The van der Waals surface area contributed by atoms with E-state index in [1.165, 1.54) is 0 Å². The van der Waals surface area contributed by atoms with Gasteiger partial charge in [-0.3, -0.25) is 9.89 Å². The third kappa shape index (κ3) is 6.84. The molecular weight excluding hydrogens is 527 g/mol. The van der Waals surface area contributed by atoms with Crippen LogP contribution in [0.4, 0.5) is 5.13 Å². The highest BCUT2D eigenvalue weighted by Gasteiger charge is 2.21.